The summed E-state index contributed by atoms with van der Waals surface area (Å²) in [6, 6.07) is 0. The molecule has 1 N–H and O–H groups in total. The Morgan fingerprint density at radius 2 is 1.39 bits per heavy atom. The van der Waals surface area contributed by atoms with Gasteiger partial charge in [0.25, 0.3) is 0 Å². The molecule has 7 heteroatoms. The fourth-order valence-corrected chi connectivity index (χ4v) is 6.11. The molecule has 0 bridgehead atoms. The third kappa shape index (κ3) is 15.6. The molecule has 3 rings (SSSR count). The van der Waals surface area contributed by atoms with Crippen LogP contribution in [0.5, 0.6) is 0 Å². The van der Waals surface area contributed by atoms with Gasteiger partial charge in [0.05, 0.1) is 6.61 Å². The van der Waals surface area contributed by atoms with Crippen LogP contribution in [0.3, 0.4) is 0 Å². The van der Waals surface area contributed by atoms with Crippen LogP contribution in [0, 0.1) is 18.1 Å². The standard InChI is InChI=1S/C8H15S.C7H11S.C6H9OS.3Y/c1-4-8-5-6(2)7(3)9-8;1-3-7-5-4-6(2)8-7;1-5-2-3-6(4-7)8-5;;;/h7-8H,4-5H2,1-3H3;5-7H,3H2,1-2H3;3,5-7H,4H2,1H3;;;/q3*-1;;;. The van der Waals surface area contributed by atoms with Crippen molar-refractivity contribution in [1.82, 2.24) is 0 Å². The molecule has 6 unspecified atom stereocenters. The Morgan fingerprint density at radius 3 is 1.57 bits per heavy atom. The number of thioether (sulfide) groups is 3. The summed E-state index contributed by atoms with van der Waals surface area (Å²) < 4.78 is 0. The van der Waals surface area contributed by atoms with Gasteiger partial charge in [-0.15, -0.1) is 15.7 Å². The minimum atomic E-state index is 0. The Kier molecular flexibility index (Phi) is 27.7. The maximum absolute atomic E-state index is 8.59. The van der Waals surface area contributed by atoms with Gasteiger partial charge < -0.3 is 23.2 Å². The Morgan fingerprint density at radius 1 is 0.893 bits per heavy atom. The second-order valence-corrected chi connectivity index (χ2v) is 11.6. The van der Waals surface area contributed by atoms with Crippen molar-refractivity contribution in [2.45, 2.75) is 92.3 Å². The Labute approximate surface area is 263 Å². The average molecular weight is 666 g/mol. The van der Waals surface area contributed by atoms with Crippen molar-refractivity contribution in [3.05, 3.63) is 30.2 Å². The second kappa shape index (κ2) is 21.3. The molecular formula is C21H35OS3Y3-3. The molecule has 1 saturated heterocycles. The van der Waals surface area contributed by atoms with Crippen molar-refractivity contribution in [3.63, 3.8) is 0 Å². The normalized spacial score (nSPS) is 32.8. The van der Waals surface area contributed by atoms with Gasteiger partial charge in [-0.05, 0) is 23.3 Å². The van der Waals surface area contributed by atoms with Crippen LogP contribution in [-0.4, -0.2) is 43.2 Å². The third-order valence-corrected chi connectivity index (χ3v) is 8.71. The monoisotopic (exact) mass is 666 g/mol. The molecule has 0 spiro atoms. The smallest absolute Gasteiger partial charge is 0.0557 e. The van der Waals surface area contributed by atoms with Gasteiger partial charge in [0.2, 0.25) is 0 Å². The predicted octanol–water partition coefficient (Wildman–Crippen LogP) is 5.98. The van der Waals surface area contributed by atoms with E-state index in [4.69, 9.17) is 5.11 Å². The number of aliphatic hydroxyl groups is 1. The first kappa shape index (κ1) is 36.4. The van der Waals surface area contributed by atoms with E-state index in [0.717, 1.165) is 15.7 Å². The number of hydrogen-bond donors (Lipinski definition) is 1. The van der Waals surface area contributed by atoms with Crippen LogP contribution in [0.1, 0.15) is 60.8 Å². The summed E-state index contributed by atoms with van der Waals surface area (Å²) in [7, 11) is 0. The molecule has 0 amide bonds. The topological polar surface area (TPSA) is 20.2 Å². The van der Waals surface area contributed by atoms with Crippen molar-refractivity contribution in [3.8, 4) is 0 Å². The fourth-order valence-electron chi connectivity index (χ4n) is 2.70. The Hall–Kier alpha value is 3.80. The minimum absolute atomic E-state index is 0. The molecule has 3 heterocycles. The van der Waals surface area contributed by atoms with E-state index in [1.807, 2.05) is 17.8 Å². The number of hydrogen-bond acceptors (Lipinski definition) is 4. The van der Waals surface area contributed by atoms with Crippen LogP contribution < -0.4 is 0 Å². The molecule has 155 valence electrons. The summed E-state index contributed by atoms with van der Waals surface area (Å²) in [5, 5.41) is 12.5. The molecule has 3 aliphatic rings. The molecule has 1 fully saturated rings. The Bertz CT molecular complexity index is 388. The summed E-state index contributed by atoms with van der Waals surface area (Å²) in [5.74, 6) is 1.69. The molecule has 6 atom stereocenters. The number of rotatable bonds is 3. The molecule has 28 heavy (non-hydrogen) atoms. The zero-order valence-corrected chi connectivity index (χ0v) is 29.3. The van der Waals surface area contributed by atoms with E-state index in [1.54, 1.807) is 17.7 Å². The quantitative estimate of drug-likeness (QED) is 0.375. The van der Waals surface area contributed by atoms with E-state index in [0.29, 0.717) is 15.7 Å². The van der Waals surface area contributed by atoms with Crippen LogP contribution in [0.4, 0.5) is 0 Å². The van der Waals surface area contributed by atoms with E-state index in [2.05, 4.69) is 71.5 Å². The first-order chi connectivity index (χ1) is 11.9. The van der Waals surface area contributed by atoms with Crippen molar-refractivity contribution in [1.29, 1.82) is 0 Å². The van der Waals surface area contributed by atoms with E-state index in [-0.39, 0.29) is 105 Å². The predicted molar refractivity (Wildman–Crippen MR) is 119 cm³/mol. The van der Waals surface area contributed by atoms with Gasteiger partial charge in [-0.1, -0.05) is 34.6 Å². The molecule has 3 aliphatic heterocycles. The first-order valence-electron chi connectivity index (χ1n) is 9.47. The zero-order valence-electron chi connectivity index (χ0n) is 18.4. The molecule has 0 aromatic rings. The van der Waals surface area contributed by atoms with Gasteiger partial charge in [-0.25, -0.2) is 0 Å². The van der Waals surface area contributed by atoms with Crippen LogP contribution >= 0.6 is 35.3 Å². The van der Waals surface area contributed by atoms with Crippen molar-refractivity contribution < 1.29 is 103 Å². The van der Waals surface area contributed by atoms with E-state index >= 15 is 0 Å². The van der Waals surface area contributed by atoms with Gasteiger partial charge in [-0.3, -0.25) is 12.2 Å². The average Bonchev–Trinajstić information content (AvgIpc) is 3.30. The van der Waals surface area contributed by atoms with Crippen LogP contribution in [0.15, 0.2) is 12.2 Å². The first-order valence-corrected chi connectivity index (χ1v) is 12.3. The fraction of sp³-hybridized carbons (Fsp3) is 0.762. The summed E-state index contributed by atoms with van der Waals surface area (Å²) >= 11 is 5.88. The third-order valence-electron chi connectivity index (χ3n) is 4.47. The van der Waals surface area contributed by atoms with E-state index in [1.165, 1.54) is 19.3 Å². The SMILES string of the molecule is CC1[C-]=CC(CO)S1.CCC1C=[C-]C(C)S1.CCC1C[C-](C)C(C)S1.[Y].[Y].[Y]. The van der Waals surface area contributed by atoms with Crippen molar-refractivity contribution in [2.75, 3.05) is 6.61 Å². The van der Waals surface area contributed by atoms with Gasteiger partial charge in [0.1, 0.15) is 0 Å². The number of aliphatic hydroxyl groups excluding tert-OH is 1. The zero-order chi connectivity index (χ0) is 18.8. The van der Waals surface area contributed by atoms with Gasteiger partial charge in [-0.2, -0.15) is 48.6 Å². The van der Waals surface area contributed by atoms with Crippen molar-refractivity contribution in [2.24, 2.45) is 0 Å². The van der Waals surface area contributed by atoms with E-state index in [9.17, 15) is 0 Å². The van der Waals surface area contributed by atoms with Crippen LogP contribution in [0.25, 0.3) is 0 Å². The molecule has 0 aromatic heterocycles. The Balaban J connectivity index is -0.000000318. The largest absolute Gasteiger partial charge is 0.486 e. The summed E-state index contributed by atoms with van der Waals surface area (Å²) in [4.78, 5) is 0. The van der Waals surface area contributed by atoms with Gasteiger partial charge in [0, 0.05) is 103 Å². The van der Waals surface area contributed by atoms with Crippen LogP contribution in [0.2, 0.25) is 0 Å². The maximum Gasteiger partial charge on any atom is 0.0557 e. The molecule has 0 saturated carbocycles. The van der Waals surface area contributed by atoms with Gasteiger partial charge >= 0.3 is 0 Å². The summed E-state index contributed by atoms with van der Waals surface area (Å²) in [6.45, 7) is 13.6. The summed E-state index contributed by atoms with van der Waals surface area (Å²) in [6.07, 6.45) is 14.4. The molecule has 0 aromatic carbocycles. The maximum atomic E-state index is 8.59. The molecular weight excluding hydrogens is 631 g/mol. The van der Waals surface area contributed by atoms with Crippen LogP contribution in [-0.2, 0) is 98.1 Å². The molecule has 3 radical (unpaired) electrons. The van der Waals surface area contributed by atoms with Crippen molar-refractivity contribution >= 4 is 35.3 Å². The minimum Gasteiger partial charge on any atom is -0.486 e. The molecule has 1 nitrogen and oxygen atoms in total. The second-order valence-electron chi connectivity index (χ2n) is 6.75. The van der Waals surface area contributed by atoms with E-state index < -0.39 is 0 Å². The summed E-state index contributed by atoms with van der Waals surface area (Å²) in [5.41, 5.74) is 0. The van der Waals surface area contributed by atoms with Gasteiger partial charge in [0.15, 0.2) is 0 Å². The molecule has 0 aliphatic carbocycles.